The fourth-order valence-electron chi connectivity index (χ4n) is 1.80. The Hall–Kier alpha value is -1.67. The van der Waals surface area contributed by atoms with Gasteiger partial charge in [0.2, 0.25) is 5.91 Å². The van der Waals surface area contributed by atoms with Crippen LogP contribution in [-0.2, 0) is 14.8 Å². The SMILES string of the molecule is O=C1CCCN1S(=O)(=O)c1ccc(Cl)c([N+](=O)[O-])c1. The third-order valence-electron chi connectivity index (χ3n) is 2.73. The van der Waals surface area contributed by atoms with Gasteiger partial charge in [-0.25, -0.2) is 12.7 Å². The first-order valence-corrected chi connectivity index (χ1v) is 7.15. The number of carbonyl (C=O) groups excluding carboxylic acids is 1. The van der Waals surface area contributed by atoms with E-state index in [4.69, 9.17) is 11.6 Å². The molecule has 0 spiro atoms. The number of carbonyl (C=O) groups is 1. The van der Waals surface area contributed by atoms with Gasteiger partial charge in [0.25, 0.3) is 15.7 Å². The smallest absolute Gasteiger partial charge is 0.274 e. The van der Waals surface area contributed by atoms with Crippen molar-refractivity contribution in [1.82, 2.24) is 4.31 Å². The van der Waals surface area contributed by atoms with Gasteiger partial charge in [-0.2, -0.15) is 0 Å². The highest BCUT2D eigenvalue weighted by atomic mass is 35.5. The Morgan fingerprint density at radius 3 is 2.58 bits per heavy atom. The number of halogens is 1. The van der Waals surface area contributed by atoms with Crippen LogP contribution in [0.2, 0.25) is 5.02 Å². The molecule has 1 aromatic carbocycles. The van der Waals surface area contributed by atoms with E-state index in [-0.39, 0.29) is 22.9 Å². The van der Waals surface area contributed by atoms with Gasteiger partial charge in [0.15, 0.2) is 0 Å². The zero-order chi connectivity index (χ0) is 14.2. The van der Waals surface area contributed by atoms with Crippen molar-refractivity contribution in [3.8, 4) is 0 Å². The molecule has 0 N–H and O–H groups in total. The monoisotopic (exact) mass is 304 g/mol. The van der Waals surface area contributed by atoms with Crippen molar-refractivity contribution in [3.05, 3.63) is 33.3 Å². The Labute approximate surface area is 114 Å². The summed E-state index contributed by atoms with van der Waals surface area (Å²) in [7, 11) is -4.04. The number of rotatable bonds is 3. The molecule has 1 heterocycles. The second-order valence-corrected chi connectivity index (χ2v) is 6.21. The lowest BCUT2D eigenvalue weighted by atomic mass is 10.3. The third-order valence-corrected chi connectivity index (χ3v) is 4.87. The van der Waals surface area contributed by atoms with Gasteiger partial charge in [0.05, 0.1) is 9.82 Å². The Morgan fingerprint density at radius 2 is 2.05 bits per heavy atom. The van der Waals surface area contributed by atoms with Crippen LogP contribution in [0.15, 0.2) is 23.1 Å². The number of amides is 1. The minimum atomic E-state index is -4.04. The molecule has 0 bridgehead atoms. The van der Waals surface area contributed by atoms with Gasteiger partial charge < -0.3 is 0 Å². The van der Waals surface area contributed by atoms with E-state index in [0.717, 1.165) is 22.5 Å². The van der Waals surface area contributed by atoms with E-state index >= 15 is 0 Å². The van der Waals surface area contributed by atoms with Crippen molar-refractivity contribution in [3.63, 3.8) is 0 Å². The fraction of sp³-hybridized carbons (Fsp3) is 0.300. The summed E-state index contributed by atoms with van der Waals surface area (Å²) >= 11 is 5.61. The van der Waals surface area contributed by atoms with Gasteiger partial charge in [0.1, 0.15) is 5.02 Å². The van der Waals surface area contributed by atoms with Crippen LogP contribution in [0.4, 0.5) is 5.69 Å². The number of nitrogens with zero attached hydrogens (tertiary/aromatic N) is 2. The van der Waals surface area contributed by atoms with E-state index in [1.54, 1.807) is 0 Å². The van der Waals surface area contributed by atoms with E-state index in [1.807, 2.05) is 0 Å². The van der Waals surface area contributed by atoms with Crippen molar-refractivity contribution in [2.45, 2.75) is 17.7 Å². The third kappa shape index (κ3) is 2.41. The normalized spacial score (nSPS) is 15.8. The topological polar surface area (TPSA) is 97.6 Å². The van der Waals surface area contributed by atoms with E-state index in [9.17, 15) is 23.3 Å². The molecule has 0 radical (unpaired) electrons. The first-order valence-electron chi connectivity index (χ1n) is 5.33. The highest BCUT2D eigenvalue weighted by Crippen LogP contribution is 2.29. The Balaban J connectivity index is 2.49. The first kappa shape index (κ1) is 13.8. The predicted octanol–water partition coefficient (Wildman–Crippen LogP) is 1.56. The first-order chi connectivity index (χ1) is 8.84. The fourth-order valence-corrected chi connectivity index (χ4v) is 3.47. The molecule has 102 valence electrons. The Kier molecular flexibility index (Phi) is 3.46. The number of hydrogen-bond acceptors (Lipinski definition) is 5. The van der Waals surface area contributed by atoms with E-state index < -0.39 is 26.5 Å². The van der Waals surface area contributed by atoms with Crippen LogP contribution in [0.5, 0.6) is 0 Å². The zero-order valence-corrected chi connectivity index (χ0v) is 11.1. The molecule has 1 aliphatic rings. The number of sulfonamides is 1. The standard InChI is InChI=1S/C10H9ClN2O5S/c11-8-4-3-7(6-9(8)13(15)16)19(17,18)12-5-1-2-10(12)14/h3-4,6H,1-2,5H2. The van der Waals surface area contributed by atoms with Crippen molar-refractivity contribution in [1.29, 1.82) is 0 Å². The van der Waals surface area contributed by atoms with Gasteiger partial charge in [-0.05, 0) is 18.6 Å². The maximum atomic E-state index is 12.2. The van der Waals surface area contributed by atoms with Crippen LogP contribution < -0.4 is 0 Å². The summed E-state index contributed by atoms with van der Waals surface area (Å²) in [4.78, 5) is 21.1. The molecular formula is C10H9ClN2O5S. The predicted molar refractivity (Wildman–Crippen MR) is 66.2 cm³/mol. The van der Waals surface area contributed by atoms with Crippen LogP contribution in [0.3, 0.4) is 0 Å². The molecule has 1 amide bonds. The molecule has 0 saturated carbocycles. The van der Waals surface area contributed by atoms with Crippen molar-refractivity contribution >= 4 is 33.2 Å². The lowest BCUT2D eigenvalue weighted by Gasteiger charge is -2.15. The highest BCUT2D eigenvalue weighted by molar-refractivity contribution is 7.89. The van der Waals surface area contributed by atoms with Gasteiger partial charge in [-0.3, -0.25) is 14.9 Å². The average Bonchev–Trinajstić information content (AvgIpc) is 2.76. The molecule has 0 aliphatic carbocycles. The van der Waals surface area contributed by atoms with Crippen molar-refractivity contribution < 1.29 is 18.1 Å². The molecule has 1 saturated heterocycles. The molecule has 0 unspecified atom stereocenters. The Morgan fingerprint density at radius 1 is 1.37 bits per heavy atom. The molecule has 1 fully saturated rings. The van der Waals surface area contributed by atoms with E-state index in [2.05, 4.69) is 0 Å². The van der Waals surface area contributed by atoms with Crippen molar-refractivity contribution in [2.75, 3.05) is 6.54 Å². The quantitative estimate of drug-likeness (QED) is 0.623. The van der Waals surface area contributed by atoms with Gasteiger partial charge in [0, 0.05) is 19.0 Å². The molecule has 9 heteroatoms. The lowest BCUT2D eigenvalue weighted by molar-refractivity contribution is -0.384. The summed E-state index contributed by atoms with van der Waals surface area (Å²) < 4.78 is 25.1. The largest absolute Gasteiger partial charge is 0.289 e. The minimum Gasteiger partial charge on any atom is -0.274 e. The highest BCUT2D eigenvalue weighted by Gasteiger charge is 2.33. The number of hydrogen-bond donors (Lipinski definition) is 0. The second-order valence-electron chi connectivity index (χ2n) is 3.94. The maximum absolute atomic E-state index is 12.2. The summed E-state index contributed by atoms with van der Waals surface area (Å²) in [5, 5.41) is 10.6. The van der Waals surface area contributed by atoms with Crippen LogP contribution in [-0.4, -0.2) is 30.1 Å². The van der Waals surface area contributed by atoms with Crippen LogP contribution in [0, 0.1) is 10.1 Å². The molecule has 2 rings (SSSR count). The van der Waals surface area contributed by atoms with Crippen molar-refractivity contribution in [2.24, 2.45) is 0 Å². The summed E-state index contributed by atoms with van der Waals surface area (Å²) in [6.07, 6.45) is 0.614. The molecule has 19 heavy (non-hydrogen) atoms. The lowest BCUT2D eigenvalue weighted by Crippen LogP contribution is -2.31. The summed E-state index contributed by atoms with van der Waals surface area (Å²) in [5.41, 5.74) is -0.505. The number of nitro benzene ring substituents is 1. The maximum Gasteiger partial charge on any atom is 0.289 e. The molecular weight excluding hydrogens is 296 g/mol. The van der Waals surface area contributed by atoms with Gasteiger partial charge in [-0.15, -0.1) is 0 Å². The average molecular weight is 305 g/mol. The summed E-state index contributed by atoms with van der Waals surface area (Å²) in [5.74, 6) is -0.502. The number of nitro groups is 1. The Bertz CT molecular complexity index is 658. The number of benzene rings is 1. The molecule has 0 atom stereocenters. The summed E-state index contributed by atoms with van der Waals surface area (Å²) in [6.45, 7) is 0.0948. The molecule has 1 aromatic rings. The second kappa shape index (κ2) is 4.78. The van der Waals surface area contributed by atoms with Gasteiger partial charge >= 0.3 is 0 Å². The van der Waals surface area contributed by atoms with E-state index in [1.165, 1.54) is 0 Å². The van der Waals surface area contributed by atoms with Crippen LogP contribution >= 0.6 is 11.6 Å². The molecule has 0 aromatic heterocycles. The van der Waals surface area contributed by atoms with Gasteiger partial charge in [-0.1, -0.05) is 11.6 Å². The zero-order valence-electron chi connectivity index (χ0n) is 9.58. The van der Waals surface area contributed by atoms with Crippen LogP contribution in [0.25, 0.3) is 0 Å². The van der Waals surface area contributed by atoms with Crippen LogP contribution in [0.1, 0.15) is 12.8 Å². The minimum absolute atomic E-state index is 0.0948. The summed E-state index contributed by atoms with van der Waals surface area (Å²) in [6, 6.07) is 3.15. The molecule has 1 aliphatic heterocycles. The van der Waals surface area contributed by atoms with E-state index in [0.29, 0.717) is 6.42 Å². The molecule has 7 nitrogen and oxygen atoms in total.